The zero-order valence-corrected chi connectivity index (χ0v) is 9.44. The second kappa shape index (κ2) is 5.32. The molecule has 0 heterocycles. The van der Waals surface area contributed by atoms with E-state index in [4.69, 9.17) is 16.3 Å². The normalized spacial score (nSPS) is 9.93. The molecular weight excluding hydrogens is 274 g/mol. The molecule has 2 nitrogen and oxygen atoms in total. The van der Waals surface area contributed by atoms with Crippen molar-refractivity contribution >= 4 is 33.5 Å². The van der Waals surface area contributed by atoms with E-state index >= 15 is 0 Å². The Labute approximate surface area is 94.1 Å². The van der Waals surface area contributed by atoms with E-state index in [1.165, 1.54) is 18.2 Å². The third-order valence-electron chi connectivity index (χ3n) is 1.42. The number of esters is 1. The summed E-state index contributed by atoms with van der Waals surface area (Å²) < 4.78 is 17.9. The Balaban J connectivity index is 2.72. The summed E-state index contributed by atoms with van der Waals surface area (Å²) in [6, 6.07) is 3.82. The zero-order chi connectivity index (χ0) is 10.6. The van der Waals surface area contributed by atoms with Crippen molar-refractivity contribution in [3.63, 3.8) is 0 Å². The molecule has 76 valence electrons. The maximum atomic E-state index is 12.6. The van der Waals surface area contributed by atoms with Crippen molar-refractivity contribution in [2.75, 3.05) is 5.88 Å². The smallest absolute Gasteiger partial charge is 0.312 e. The number of rotatable bonds is 3. The van der Waals surface area contributed by atoms with E-state index in [-0.39, 0.29) is 12.3 Å². The van der Waals surface area contributed by atoms with Crippen LogP contribution in [-0.4, -0.2) is 11.8 Å². The van der Waals surface area contributed by atoms with Crippen LogP contribution in [0.25, 0.3) is 0 Å². The van der Waals surface area contributed by atoms with Crippen molar-refractivity contribution in [3.05, 3.63) is 28.5 Å². The number of carbonyl (C=O) groups is 1. The minimum atomic E-state index is -0.438. The molecule has 0 fully saturated rings. The fourth-order valence-electron chi connectivity index (χ4n) is 0.809. The molecular formula is C9H7BrClFO2. The fourth-order valence-corrected chi connectivity index (χ4v) is 1.39. The van der Waals surface area contributed by atoms with Crippen LogP contribution in [0, 0.1) is 5.82 Å². The minimum absolute atomic E-state index is 0.130. The third kappa shape index (κ3) is 3.27. The lowest BCUT2D eigenvalue weighted by Crippen LogP contribution is -2.08. The first-order valence-electron chi connectivity index (χ1n) is 3.85. The number of hydrogen-bond acceptors (Lipinski definition) is 2. The second-order valence-electron chi connectivity index (χ2n) is 2.49. The summed E-state index contributed by atoms with van der Waals surface area (Å²) in [5, 5.41) is 0. The molecule has 0 amide bonds. The van der Waals surface area contributed by atoms with Gasteiger partial charge in [0, 0.05) is 5.88 Å². The van der Waals surface area contributed by atoms with Crippen molar-refractivity contribution in [2.45, 2.75) is 6.42 Å². The van der Waals surface area contributed by atoms with E-state index in [9.17, 15) is 9.18 Å². The van der Waals surface area contributed by atoms with Crippen LogP contribution in [0.3, 0.4) is 0 Å². The molecule has 0 spiro atoms. The Morgan fingerprint density at radius 2 is 2.29 bits per heavy atom. The van der Waals surface area contributed by atoms with Gasteiger partial charge in [0.25, 0.3) is 0 Å². The van der Waals surface area contributed by atoms with Crippen molar-refractivity contribution in [1.82, 2.24) is 0 Å². The number of ether oxygens (including phenoxy) is 1. The lowest BCUT2D eigenvalue weighted by molar-refractivity contribution is -0.133. The van der Waals surface area contributed by atoms with Gasteiger partial charge < -0.3 is 4.74 Å². The highest BCUT2D eigenvalue weighted by atomic mass is 79.9. The van der Waals surface area contributed by atoms with Gasteiger partial charge in [0.15, 0.2) is 0 Å². The highest BCUT2D eigenvalue weighted by molar-refractivity contribution is 9.10. The molecule has 0 saturated heterocycles. The molecule has 1 rings (SSSR count). The van der Waals surface area contributed by atoms with E-state index in [2.05, 4.69) is 15.9 Å². The number of carbonyl (C=O) groups excluding carboxylic acids is 1. The Bertz CT molecular complexity index is 344. The summed E-state index contributed by atoms with van der Waals surface area (Å²) in [7, 11) is 0. The average molecular weight is 282 g/mol. The fraction of sp³-hybridized carbons (Fsp3) is 0.222. The van der Waals surface area contributed by atoms with Gasteiger partial charge in [0.1, 0.15) is 11.6 Å². The van der Waals surface area contributed by atoms with E-state index in [1.54, 1.807) is 0 Å². The first-order chi connectivity index (χ1) is 6.63. The molecule has 0 aliphatic heterocycles. The molecule has 0 aliphatic rings. The first-order valence-corrected chi connectivity index (χ1v) is 5.18. The Kier molecular flexibility index (Phi) is 4.35. The lowest BCUT2D eigenvalue weighted by Gasteiger charge is -2.04. The molecule has 0 aliphatic carbocycles. The van der Waals surface area contributed by atoms with Gasteiger partial charge in [-0.25, -0.2) is 4.39 Å². The maximum absolute atomic E-state index is 12.6. The Hall–Kier alpha value is -0.610. The molecule has 5 heteroatoms. The molecule has 0 bridgehead atoms. The summed E-state index contributed by atoms with van der Waals surface area (Å²) in [5.74, 6) is -0.333. The van der Waals surface area contributed by atoms with Crippen molar-refractivity contribution in [3.8, 4) is 5.75 Å². The highest BCUT2D eigenvalue weighted by Crippen LogP contribution is 2.25. The van der Waals surface area contributed by atoms with Gasteiger partial charge in [-0.05, 0) is 34.1 Å². The Morgan fingerprint density at radius 1 is 1.57 bits per heavy atom. The van der Waals surface area contributed by atoms with Gasteiger partial charge in [-0.1, -0.05) is 0 Å². The molecule has 1 aromatic rings. The van der Waals surface area contributed by atoms with Gasteiger partial charge in [-0.2, -0.15) is 0 Å². The Morgan fingerprint density at radius 3 is 2.86 bits per heavy atom. The molecule has 0 atom stereocenters. The van der Waals surface area contributed by atoms with E-state index < -0.39 is 11.8 Å². The maximum Gasteiger partial charge on any atom is 0.312 e. The number of benzene rings is 1. The molecule has 14 heavy (non-hydrogen) atoms. The summed E-state index contributed by atoms with van der Waals surface area (Å²) in [4.78, 5) is 11.0. The summed E-state index contributed by atoms with van der Waals surface area (Å²) >= 11 is 8.43. The van der Waals surface area contributed by atoms with Crippen LogP contribution in [0.1, 0.15) is 6.42 Å². The molecule has 0 aromatic heterocycles. The van der Waals surface area contributed by atoms with E-state index in [1.807, 2.05) is 0 Å². The topological polar surface area (TPSA) is 26.3 Å². The molecule has 0 saturated carbocycles. The summed E-state index contributed by atoms with van der Waals surface area (Å²) in [6.45, 7) is 0. The zero-order valence-electron chi connectivity index (χ0n) is 7.10. The van der Waals surface area contributed by atoms with Crippen molar-refractivity contribution < 1.29 is 13.9 Å². The van der Waals surface area contributed by atoms with Crippen LogP contribution < -0.4 is 4.74 Å². The van der Waals surface area contributed by atoms with Crippen molar-refractivity contribution in [2.24, 2.45) is 0 Å². The van der Waals surface area contributed by atoms with Crippen LogP contribution in [0.15, 0.2) is 22.7 Å². The summed E-state index contributed by atoms with van der Waals surface area (Å²) in [6.07, 6.45) is 0.130. The second-order valence-corrected chi connectivity index (χ2v) is 3.72. The predicted octanol–water partition coefficient (Wildman–Crippen LogP) is 3.12. The van der Waals surface area contributed by atoms with Gasteiger partial charge >= 0.3 is 5.97 Å². The summed E-state index contributed by atoms with van der Waals surface area (Å²) in [5.41, 5.74) is 0. The monoisotopic (exact) mass is 280 g/mol. The number of halogens is 3. The number of alkyl halides is 1. The van der Waals surface area contributed by atoms with Gasteiger partial charge in [-0.3, -0.25) is 4.79 Å². The van der Waals surface area contributed by atoms with Crippen molar-refractivity contribution in [1.29, 1.82) is 0 Å². The van der Waals surface area contributed by atoms with Gasteiger partial charge in [0.05, 0.1) is 10.9 Å². The number of hydrogen-bond donors (Lipinski definition) is 0. The standard InChI is InChI=1S/C9H7BrClFO2/c10-7-5-6(12)1-2-8(7)14-9(13)3-4-11/h1-2,5H,3-4H2. The first kappa shape index (κ1) is 11.5. The van der Waals surface area contributed by atoms with Crippen LogP contribution in [-0.2, 0) is 4.79 Å². The minimum Gasteiger partial charge on any atom is -0.425 e. The molecule has 0 unspecified atom stereocenters. The largest absolute Gasteiger partial charge is 0.425 e. The SMILES string of the molecule is O=C(CCCl)Oc1ccc(F)cc1Br. The van der Waals surface area contributed by atoms with Crippen LogP contribution in [0.4, 0.5) is 4.39 Å². The quantitative estimate of drug-likeness (QED) is 0.483. The van der Waals surface area contributed by atoms with Gasteiger partial charge in [0.2, 0.25) is 0 Å². The van der Waals surface area contributed by atoms with E-state index in [0.29, 0.717) is 10.2 Å². The third-order valence-corrected chi connectivity index (χ3v) is 2.23. The molecule has 1 aromatic carbocycles. The average Bonchev–Trinajstić information content (AvgIpc) is 2.10. The highest BCUT2D eigenvalue weighted by Gasteiger charge is 2.07. The van der Waals surface area contributed by atoms with Gasteiger partial charge in [-0.15, -0.1) is 11.6 Å². The van der Waals surface area contributed by atoms with E-state index in [0.717, 1.165) is 0 Å². The van der Waals surface area contributed by atoms with Crippen LogP contribution in [0.5, 0.6) is 5.75 Å². The lowest BCUT2D eigenvalue weighted by atomic mass is 10.3. The molecule has 0 N–H and O–H groups in total. The predicted molar refractivity (Wildman–Crippen MR) is 55.1 cm³/mol. The van der Waals surface area contributed by atoms with Crippen LogP contribution >= 0.6 is 27.5 Å². The molecule has 0 radical (unpaired) electrons. The van der Waals surface area contributed by atoms with Crippen LogP contribution in [0.2, 0.25) is 0 Å².